The van der Waals surface area contributed by atoms with Crippen LogP contribution in [0.4, 0.5) is 0 Å². The second kappa shape index (κ2) is 11.0. The van der Waals surface area contributed by atoms with E-state index in [1.54, 1.807) is 7.11 Å². The fourth-order valence-corrected chi connectivity index (χ4v) is 4.06. The monoisotopic (exact) mass is 418 g/mol. The minimum atomic E-state index is 0.0442. The molecule has 0 amide bonds. The third-order valence-electron chi connectivity index (χ3n) is 5.67. The first-order valence-corrected chi connectivity index (χ1v) is 10.9. The normalized spacial score (nSPS) is 16.8. The quantitative estimate of drug-likeness (QED) is 0.418. The molecule has 0 radical (unpaired) electrons. The van der Waals surface area contributed by atoms with Crippen LogP contribution in [-0.2, 0) is 9.47 Å². The summed E-state index contributed by atoms with van der Waals surface area (Å²) in [4.78, 5) is 6.14. The van der Waals surface area contributed by atoms with Gasteiger partial charge in [-0.3, -0.25) is 4.90 Å². The summed E-state index contributed by atoms with van der Waals surface area (Å²) in [6.45, 7) is 13.9. The summed E-state index contributed by atoms with van der Waals surface area (Å²) in [7, 11) is 1.68. The predicted molar refractivity (Wildman–Crippen MR) is 130 cm³/mol. The summed E-state index contributed by atoms with van der Waals surface area (Å²) in [5.41, 5.74) is 7.05. The highest BCUT2D eigenvalue weighted by Gasteiger charge is 2.30. The average molecular weight is 419 g/mol. The zero-order valence-corrected chi connectivity index (χ0v) is 19.2. The van der Waals surface area contributed by atoms with Gasteiger partial charge < -0.3 is 14.5 Å². The molecule has 1 saturated heterocycles. The van der Waals surface area contributed by atoms with Gasteiger partial charge in [0.25, 0.3) is 0 Å². The molecule has 1 N–H and O–H groups in total. The van der Waals surface area contributed by atoms with Gasteiger partial charge in [0, 0.05) is 29.9 Å². The number of aromatic amines is 1. The number of aromatic nitrogens is 1. The smallest absolute Gasteiger partial charge is 0.0924 e. The van der Waals surface area contributed by atoms with E-state index >= 15 is 0 Å². The van der Waals surface area contributed by atoms with Gasteiger partial charge in [-0.2, -0.15) is 0 Å². The molecule has 1 aromatic heterocycles. The maximum Gasteiger partial charge on any atom is 0.0924 e. The van der Waals surface area contributed by atoms with Crippen molar-refractivity contribution in [2.24, 2.45) is 0 Å². The standard InChI is InChI=1S/C27H34N2O2/c1-6-11-24-22(4)28-26(23-14-8-7-9-15-23)25(24)27(29-16-18-31-19-17-29)20(2)12-10-13-21(3)30-5/h6-15,27-28H,2,16-19H2,1,3-5H3/b11-6-,12-10-,21-13+. The Kier molecular flexibility index (Phi) is 8.10. The van der Waals surface area contributed by atoms with E-state index in [0.29, 0.717) is 0 Å². The third-order valence-corrected chi connectivity index (χ3v) is 5.67. The molecule has 3 rings (SSSR count). The minimum absolute atomic E-state index is 0.0442. The first-order chi connectivity index (χ1) is 15.1. The van der Waals surface area contributed by atoms with Crippen LogP contribution in [0.25, 0.3) is 17.3 Å². The molecule has 2 heterocycles. The lowest BCUT2D eigenvalue weighted by atomic mass is 9.91. The first-order valence-electron chi connectivity index (χ1n) is 10.9. The Bertz CT molecular complexity index is 961. The van der Waals surface area contributed by atoms with E-state index in [9.17, 15) is 0 Å². The van der Waals surface area contributed by atoms with Crippen molar-refractivity contribution >= 4 is 6.08 Å². The van der Waals surface area contributed by atoms with Crippen molar-refractivity contribution in [1.29, 1.82) is 0 Å². The van der Waals surface area contributed by atoms with Crippen molar-refractivity contribution in [2.45, 2.75) is 26.8 Å². The predicted octanol–water partition coefficient (Wildman–Crippen LogP) is 6.06. The molecule has 1 atom stereocenters. The lowest BCUT2D eigenvalue weighted by molar-refractivity contribution is 0.0240. The average Bonchev–Trinajstić information content (AvgIpc) is 3.11. The molecule has 0 spiro atoms. The van der Waals surface area contributed by atoms with Crippen LogP contribution in [0.15, 0.2) is 72.5 Å². The van der Waals surface area contributed by atoms with Crippen molar-refractivity contribution in [3.05, 3.63) is 89.4 Å². The lowest BCUT2D eigenvalue weighted by Gasteiger charge is -2.36. The van der Waals surface area contributed by atoms with Gasteiger partial charge in [-0.1, -0.05) is 61.2 Å². The zero-order chi connectivity index (χ0) is 22.2. The van der Waals surface area contributed by atoms with E-state index in [-0.39, 0.29) is 6.04 Å². The molecular weight excluding hydrogens is 384 g/mol. The van der Waals surface area contributed by atoms with Gasteiger partial charge in [-0.25, -0.2) is 0 Å². The number of nitrogens with zero attached hydrogens (tertiary/aromatic N) is 1. The Morgan fingerprint density at radius 3 is 2.58 bits per heavy atom. The summed E-state index contributed by atoms with van der Waals surface area (Å²) in [5, 5.41) is 0. The van der Waals surface area contributed by atoms with Crippen LogP contribution in [0.2, 0.25) is 0 Å². The second-order valence-electron chi connectivity index (χ2n) is 7.78. The second-order valence-corrected chi connectivity index (χ2v) is 7.78. The Labute approximate surface area is 186 Å². The summed E-state index contributed by atoms with van der Waals surface area (Å²) < 4.78 is 10.9. The number of hydrogen-bond donors (Lipinski definition) is 1. The number of morpholine rings is 1. The van der Waals surface area contributed by atoms with Crippen LogP contribution in [0.1, 0.15) is 36.7 Å². The first kappa shape index (κ1) is 22.9. The number of H-pyrrole nitrogens is 1. The van der Waals surface area contributed by atoms with Gasteiger partial charge in [0.15, 0.2) is 0 Å². The van der Waals surface area contributed by atoms with Gasteiger partial charge >= 0.3 is 0 Å². The van der Waals surface area contributed by atoms with E-state index in [1.807, 2.05) is 19.1 Å². The molecule has 0 bridgehead atoms. The molecule has 4 nitrogen and oxygen atoms in total. The molecule has 1 aliphatic heterocycles. The number of ether oxygens (including phenoxy) is 2. The van der Waals surface area contributed by atoms with Crippen molar-refractivity contribution in [3.63, 3.8) is 0 Å². The Morgan fingerprint density at radius 1 is 1.23 bits per heavy atom. The maximum absolute atomic E-state index is 5.65. The number of allylic oxidation sites excluding steroid dienone is 4. The van der Waals surface area contributed by atoms with Gasteiger partial charge in [0.1, 0.15) is 0 Å². The van der Waals surface area contributed by atoms with Gasteiger partial charge in [-0.05, 0) is 38.0 Å². The highest BCUT2D eigenvalue weighted by molar-refractivity contribution is 5.74. The van der Waals surface area contributed by atoms with Crippen LogP contribution in [0.5, 0.6) is 0 Å². The van der Waals surface area contributed by atoms with E-state index in [1.165, 1.54) is 16.7 Å². The van der Waals surface area contributed by atoms with E-state index < -0.39 is 0 Å². The summed E-state index contributed by atoms with van der Waals surface area (Å²) in [6.07, 6.45) is 10.4. The van der Waals surface area contributed by atoms with E-state index in [0.717, 1.165) is 49.0 Å². The lowest BCUT2D eigenvalue weighted by Crippen LogP contribution is -2.39. The molecule has 2 aromatic rings. The van der Waals surface area contributed by atoms with Crippen molar-refractivity contribution < 1.29 is 9.47 Å². The maximum atomic E-state index is 5.65. The molecule has 1 fully saturated rings. The van der Waals surface area contributed by atoms with Gasteiger partial charge in [-0.15, -0.1) is 0 Å². The Balaban J connectivity index is 2.14. The summed E-state index contributed by atoms with van der Waals surface area (Å²) in [6, 6.07) is 10.6. The number of nitrogens with one attached hydrogen (secondary N) is 1. The molecule has 4 heteroatoms. The van der Waals surface area contributed by atoms with Crippen molar-refractivity contribution in [3.8, 4) is 11.3 Å². The SMILES string of the molecule is C=C(/C=C\C=C(/C)OC)C(c1c(-c2ccccc2)[nH]c(C)c1/C=C\C)N1CCOCC1. The fraction of sp³-hybridized carbons (Fsp3) is 0.333. The number of aryl methyl sites for hydroxylation is 1. The topological polar surface area (TPSA) is 37.5 Å². The molecule has 1 aromatic carbocycles. The number of benzene rings is 1. The van der Waals surface area contributed by atoms with Crippen LogP contribution >= 0.6 is 0 Å². The highest BCUT2D eigenvalue weighted by atomic mass is 16.5. The van der Waals surface area contributed by atoms with Gasteiger partial charge in [0.2, 0.25) is 0 Å². The van der Waals surface area contributed by atoms with E-state index in [2.05, 4.69) is 78.9 Å². The molecule has 0 aliphatic carbocycles. The molecule has 0 saturated carbocycles. The Morgan fingerprint density at radius 2 is 1.94 bits per heavy atom. The van der Waals surface area contributed by atoms with Gasteiger partial charge in [0.05, 0.1) is 37.8 Å². The molecule has 31 heavy (non-hydrogen) atoms. The number of rotatable bonds is 8. The molecule has 164 valence electrons. The zero-order valence-electron chi connectivity index (χ0n) is 19.2. The van der Waals surface area contributed by atoms with Crippen molar-refractivity contribution in [2.75, 3.05) is 33.4 Å². The molecule has 1 unspecified atom stereocenters. The Hall–Kier alpha value is -2.82. The number of hydrogen-bond acceptors (Lipinski definition) is 3. The minimum Gasteiger partial charge on any atom is -0.501 e. The summed E-state index contributed by atoms with van der Waals surface area (Å²) in [5.74, 6) is 0.865. The van der Waals surface area contributed by atoms with Crippen LogP contribution < -0.4 is 0 Å². The molecule has 1 aliphatic rings. The van der Waals surface area contributed by atoms with Crippen LogP contribution in [-0.4, -0.2) is 43.3 Å². The number of methoxy groups -OCH3 is 1. The van der Waals surface area contributed by atoms with Crippen molar-refractivity contribution in [1.82, 2.24) is 9.88 Å². The highest BCUT2D eigenvalue weighted by Crippen LogP contribution is 2.40. The van der Waals surface area contributed by atoms with Crippen LogP contribution in [0, 0.1) is 6.92 Å². The summed E-state index contributed by atoms with van der Waals surface area (Å²) >= 11 is 0. The third kappa shape index (κ3) is 5.46. The van der Waals surface area contributed by atoms with E-state index in [4.69, 9.17) is 9.47 Å². The fourth-order valence-electron chi connectivity index (χ4n) is 4.06. The van der Waals surface area contributed by atoms with Crippen LogP contribution in [0.3, 0.4) is 0 Å². The molecular formula is C27H34N2O2. The largest absolute Gasteiger partial charge is 0.501 e.